The first-order chi connectivity index (χ1) is 21.2. The molecule has 4 fully saturated rings. The second kappa shape index (κ2) is 14.7. The van der Waals surface area contributed by atoms with E-state index in [9.17, 15) is 76.6 Å². The van der Waals surface area contributed by atoms with Gasteiger partial charge in [-0.3, -0.25) is 0 Å². The van der Waals surface area contributed by atoms with Crippen LogP contribution in [0.5, 0.6) is 0 Å². The van der Waals surface area contributed by atoms with Crippen LogP contribution in [0.4, 0.5) is 0 Å². The Labute approximate surface area is 254 Å². The fourth-order valence-electron chi connectivity index (χ4n) is 5.89. The Bertz CT molecular complexity index is 941. The van der Waals surface area contributed by atoms with E-state index in [2.05, 4.69) is 0 Å². The van der Waals surface area contributed by atoms with E-state index >= 15 is 0 Å². The second-order valence-electron chi connectivity index (χ2n) is 11.4. The van der Waals surface area contributed by atoms with Crippen molar-refractivity contribution in [3.8, 4) is 0 Å². The maximum Gasteiger partial charge on any atom is 0.189 e. The predicted molar refractivity (Wildman–Crippen MR) is 134 cm³/mol. The SMILES string of the molecule is OC[C@H]1O[C@@H]([C@@]2(O)[C@@H](CO)O[C@H](O[C@@H]3[C@@H](O)[C@@H](O[C@H]4O[C@H](CO)[C@@H](O)[C@H](O)[C@H]4O)O[C@H](CO)[C@H]3O)[C@H](O)[C@@H]2O)[C@H](O)[C@@H](O)[C@H]1O. The smallest absolute Gasteiger partial charge is 0.189 e. The van der Waals surface area contributed by atoms with Crippen molar-refractivity contribution < 1.29 is 105 Å². The molecule has 15 N–H and O–H groups in total. The highest BCUT2D eigenvalue weighted by Crippen LogP contribution is 2.40. The minimum Gasteiger partial charge on any atom is -0.394 e. The lowest BCUT2D eigenvalue weighted by atomic mass is 9.75. The summed E-state index contributed by atoms with van der Waals surface area (Å²) in [4.78, 5) is 0. The van der Waals surface area contributed by atoms with Gasteiger partial charge in [0, 0.05) is 0 Å². The zero-order valence-electron chi connectivity index (χ0n) is 23.5. The van der Waals surface area contributed by atoms with Gasteiger partial charge in [0.2, 0.25) is 0 Å². The van der Waals surface area contributed by atoms with Crippen LogP contribution in [0, 0.1) is 0 Å². The van der Waals surface area contributed by atoms with Crippen LogP contribution in [0.1, 0.15) is 0 Å². The third-order valence-corrected chi connectivity index (χ3v) is 8.63. The number of aliphatic hydroxyl groups is 15. The Morgan fingerprint density at radius 2 is 0.911 bits per heavy atom. The van der Waals surface area contributed by atoms with Crippen molar-refractivity contribution in [1.29, 1.82) is 0 Å². The molecule has 45 heavy (non-hydrogen) atoms. The van der Waals surface area contributed by atoms with Gasteiger partial charge in [0.05, 0.1) is 26.4 Å². The van der Waals surface area contributed by atoms with Crippen LogP contribution in [0.25, 0.3) is 0 Å². The Kier molecular flexibility index (Phi) is 12.1. The molecule has 264 valence electrons. The molecule has 0 amide bonds. The van der Waals surface area contributed by atoms with E-state index in [1.54, 1.807) is 0 Å². The van der Waals surface area contributed by atoms with Gasteiger partial charge >= 0.3 is 0 Å². The number of ether oxygens (including phenoxy) is 6. The first kappa shape index (κ1) is 37.0. The summed E-state index contributed by atoms with van der Waals surface area (Å²) in [7, 11) is 0. The molecule has 4 heterocycles. The molecule has 0 aromatic rings. The van der Waals surface area contributed by atoms with E-state index in [4.69, 9.17) is 28.4 Å². The van der Waals surface area contributed by atoms with Crippen LogP contribution in [0.15, 0.2) is 0 Å². The Balaban J connectivity index is 1.54. The Morgan fingerprint density at radius 1 is 0.444 bits per heavy atom. The summed E-state index contributed by atoms with van der Waals surface area (Å²) in [6, 6.07) is 0. The van der Waals surface area contributed by atoms with Crippen LogP contribution in [0.2, 0.25) is 0 Å². The van der Waals surface area contributed by atoms with Crippen molar-refractivity contribution >= 4 is 0 Å². The van der Waals surface area contributed by atoms with Crippen molar-refractivity contribution in [2.24, 2.45) is 0 Å². The summed E-state index contributed by atoms with van der Waals surface area (Å²) in [5.41, 5.74) is -2.93. The first-order valence-electron chi connectivity index (χ1n) is 14.1. The summed E-state index contributed by atoms with van der Waals surface area (Å²) in [6.45, 7) is -3.81. The molecule has 0 aromatic carbocycles. The number of aliphatic hydroxyl groups excluding tert-OH is 14. The normalized spacial score (nSPS) is 54.6. The summed E-state index contributed by atoms with van der Waals surface area (Å²) in [6.07, 6.45) is -36.7. The van der Waals surface area contributed by atoms with Crippen molar-refractivity contribution in [3.05, 3.63) is 0 Å². The van der Waals surface area contributed by atoms with E-state index < -0.39 is 149 Å². The van der Waals surface area contributed by atoms with E-state index in [-0.39, 0.29) is 0 Å². The molecule has 4 rings (SSSR count). The molecule has 0 unspecified atom stereocenters. The zero-order valence-corrected chi connectivity index (χ0v) is 23.5. The Morgan fingerprint density at radius 3 is 1.44 bits per heavy atom. The molecule has 21 nitrogen and oxygen atoms in total. The van der Waals surface area contributed by atoms with Crippen LogP contribution in [0.3, 0.4) is 0 Å². The molecule has 4 aliphatic heterocycles. The molecular weight excluding hydrogens is 624 g/mol. The monoisotopic (exact) mass is 666 g/mol. The lowest BCUT2D eigenvalue weighted by Gasteiger charge is -2.55. The summed E-state index contributed by atoms with van der Waals surface area (Å²) < 4.78 is 32.2. The number of rotatable bonds is 9. The van der Waals surface area contributed by atoms with Gasteiger partial charge in [-0.05, 0) is 0 Å². The van der Waals surface area contributed by atoms with Crippen molar-refractivity contribution in [1.82, 2.24) is 0 Å². The van der Waals surface area contributed by atoms with Gasteiger partial charge < -0.3 is 105 Å². The van der Waals surface area contributed by atoms with Crippen LogP contribution >= 0.6 is 0 Å². The second-order valence-corrected chi connectivity index (χ2v) is 11.4. The quantitative estimate of drug-likeness (QED) is 0.109. The minimum absolute atomic E-state index is 0.816. The lowest BCUT2D eigenvalue weighted by molar-refractivity contribution is -0.405. The van der Waals surface area contributed by atoms with Crippen LogP contribution < -0.4 is 0 Å². The molecule has 4 aliphatic rings. The van der Waals surface area contributed by atoms with Crippen molar-refractivity contribution in [2.45, 2.75) is 122 Å². The maximum absolute atomic E-state index is 11.4. The first-order valence-corrected chi connectivity index (χ1v) is 14.1. The van der Waals surface area contributed by atoms with Gasteiger partial charge in [0.25, 0.3) is 0 Å². The molecule has 0 radical (unpaired) electrons. The average molecular weight is 667 g/mol. The third-order valence-electron chi connectivity index (χ3n) is 8.63. The molecule has 0 aromatic heterocycles. The Hall–Kier alpha value is -0.840. The van der Waals surface area contributed by atoms with Crippen molar-refractivity contribution in [3.63, 3.8) is 0 Å². The molecule has 20 atom stereocenters. The molecule has 0 aliphatic carbocycles. The minimum atomic E-state index is -2.93. The maximum atomic E-state index is 11.4. The fourth-order valence-corrected chi connectivity index (χ4v) is 5.89. The number of hydrogen-bond donors (Lipinski definition) is 15. The van der Waals surface area contributed by atoms with Gasteiger partial charge in [-0.25, -0.2) is 0 Å². The van der Waals surface area contributed by atoms with Gasteiger partial charge in [-0.15, -0.1) is 0 Å². The van der Waals surface area contributed by atoms with Gasteiger partial charge in [-0.1, -0.05) is 0 Å². The van der Waals surface area contributed by atoms with Crippen LogP contribution in [-0.2, 0) is 28.4 Å². The largest absolute Gasteiger partial charge is 0.394 e. The summed E-state index contributed by atoms with van der Waals surface area (Å²) in [5.74, 6) is 0. The summed E-state index contributed by atoms with van der Waals surface area (Å²) in [5, 5.41) is 155. The molecule has 21 heteroatoms. The van der Waals surface area contributed by atoms with E-state index in [1.165, 1.54) is 0 Å². The van der Waals surface area contributed by atoms with E-state index in [0.29, 0.717) is 0 Å². The topological polar surface area (TPSA) is 359 Å². The van der Waals surface area contributed by atoms with E-state index in [0.717, 1.165) is 0 Å². The highest BCUT2D eigenvalue weighted by Gasteiger charge is 2.65. The molecule has 4 saturated heterocycles. The van der Waals surface area contributed by atoms with Gasteiger partial charge in [-0.2, -0.15) is 0 Å². The predicted octanol–water partition coefficient (Wildman–Crippen LogP) is -10.4. The van der Waals surface area contributed by atoms with Gasteiger partial charge in [0.1, 0.15) is 97.7 Å². The zero-order chi connectivity index (χ0) is 33.5. The average Bonchev–Trinajstić information content (AvgIpc) is 3.03. The molecule has 0 saturated carbocycles. The standard InChI is InChI=1S/C24H42O21/c25-1-5-9(29)12(32)14(34)20(40-5)24(39)8(4-28)43-23(17(37)19(24)38)44-18-11(31)7(3-27)42-22(16(18)36)45-21-15(35)13(33)10(30)6(2-26)41-21/h5-23,25-39H,1-4H2/t5-,6-,7-,8-,9+,10-,11-,12+,13+,14-,15-,16-,17-,18+,19+,20-,21-,22-,23-,24-/m1/s1. The summed E-state index contributed by atoms with van der Waals surface area (Å²) >= 11 is 0. The molecule has 0 spiro atoms. The highest BCUT2D eigenvalue weighted by molar-refractivity contribution is 5.12. The van der Waals surface area contributed by atoms with Gasteiger partial charge in [0.15, 0.2) is 24.5 Å². The van der Waals surface area contributed by atoms with Crippen LogP contribution in [-0.4, -0.2) is 225 Å². The highest BCUT2D eigenvalue weighted by atomic mass is 16.8. The van der Waals surface area contributed by atoms with E-state index in [1.807, 2.05) is 0 Å². The lowest BCUT2D eigenvalue weighted by Crippen LogP contribution is -2.77. The fraction of sp³-hybridized carbons (Fsp3) is 1.00. The molecule has 0 bridgehead atoms. The number of hydrogen-bond acceptors (Lipinski definition) is 21. The van der Waals surface area contributed by atoms with Crippen molar-refractivity contribution in [2.75, 3.05) is 26.4 Å². The third kappa shape index (κ3) is 6.61. The molecular formula is C24H42O21.